The summed E-state index contributed by atoms with van der Waals surface area (Å²) in [5.74, 6) is 2.05. The van der Waals surface area contributed by atoms with Gasteiger partial charge in [0.1, 0.15) is 12.1 Å². The van der Waals surface area contributed by atoms with Gasteiger partial charge >= 0.3 is 0 Å². The van der Waals surface area contributed by atoms with Gasteiger partial charge in [0.2, 0.25) is 0 Å². The highest BCUT2D eigenvalue weighted by molar-refractivity contribution is 5.81. The molecule has 0 spiro atoms. The van der Waals surface area contributed by atoms with E-state index in [1.165, 1.54) is 73.9 Å². The maximum absolute atomic E-state index is 5.99. The van der Waals surface area contributed by atoms with E-state index in [1.807, 2.05) is 12.4 Å². The minimum atomic E-state index is 0.559. The SMILES string of the molecule is Cc1cc(-c2cc(CC3CCC3)cc(C3CCCC3)n2)c2cc(N)ncn12. The van der Waals surface area contributed by atoms with Crippen LogP contribution in [0.2, 0.25) is 0 Å². The molecule has 0 aromatic carbocycles. The van der Waals surface area contributed by atoms with Gasteiger partial charge in [0.25, 0.3) is 0 Å². The monoisotopic (exact) mass is 360 g/mol. The van der Waals surface area contributed by atoms with Crippen molar-refractivity contribution in [3.63, 3.8) is 0 Å². The number of nitrogens with zero attached hydrogens (tertiary/aromatic N) is 3. The second kappa shape index (κ2) is 6.66. The van der Waals surface area contributed by atoms with E-state index >= 15 is 0 Å². The molecule has 2 aliphatic rings. The molecule has 140 valence electrons. The Hall–Kier alpha value is -2.36. The van der Waals surface area contributed by atoms with Gasteiger partial charge in [-0.2, -0.15) is 0 Å². The van der Waals surface area contributed by atoms with Crippen LogP contribution in [0.5, 0.6) is 0 Å². The Labute approximate surface area is 160 Å². The Morgan fingerprint density at radius 3 is 2.59 bits per heavy atom. The van der Waals surface area contributed by atoms with Crippen LogP contribution in [-0.2, 0) is 6.42 Å². The number of fused-ring (bicyclic) bond motifs is 1. The summed E-state index contributed by atoms with van der Waals surface area (Å²) in [5.41, 5.74) is 13.3. The Morgan fingerprint density at radius 2 is 1.85 bits per heavy atom. The molecule has 0 atom stereocenters. The number of rotatable bonds is 4. The van der Waals surface area contributed by atoms with E-state index < -0.39 is 0 Å². The summed E-state index contributed by atoms with van der Waals surface area (Å²) in [5, 5.41) is 0. The molecular formula is C23H28N4. The van der Waals surface area contributed by atoms with Crippen molar-refractivity contribution in [3.05, 3.63) is 47.5 Å². The number of hydrogen-bond donors (Lipinski definition) is 1. The highest BCUT2D eigenvalue weighted by Gasteiger charge is 2.23. The van der Waals surface area contributed by atoms with Gasteiger partial charge in [-0.15, -0.1) is 0 Å². The topological polar surface area (TPSA) is 56.2 Å². The van der Waals surface area contributed by atoms with Crippen LogP contribution in [0.1, 0.15) is 67.8 Å². The molecule has 3 aromatic rings. The van der Waals surface area contributed by atoms with Crippen molar-refractivity contribution >= 4 is 11.3 Å². The summed E-state index contributed by atoms with van der Waals surface area (Å²) in [4.78, 5) is 9.41. The molecule has 0 unspecified atom stereocenters. The average molecular weight is 361 g/mol. The van der Waals surface area contributed by atoms with Crippen LogP contribution < -0.4 is 5.73 Å². The third kappa shape index (κ3) is 3.11. The molecule has 2 fully saturated rings. The lowest BCUT2D eigenvalue weighted by Crippen LogP contribution is -2.14. The first kappa shape index (κ1) is 16.8. The van der Waals surface area contributed by atoms with Crippen LogP contribution in [0, 0.1) is 12.8 Å². The Balaban J connectivity index is 1.63. The first-order valence-corrected chi connectivity index (χ1v) is 10.4. The maximum Gasteiger partial charge on any atom is 0.127 e. The molecule has 0 aliphatic heterocycles. The van der Waals surface area contributed by atoms with Crippen molar-refractivity contribution < 1.29 is 0 Å². The number of nitrogens with two attached hydrogens (primary N) is 1. The van der Waals surface area contributed by atoms with Crippen molar-refractivity contribution in [2.45, 2.75) is 64.2 Å². The zero-order valence-corrected chi connectivity index (χ0v) is 16.1. The number of hydrogen-bond acceptors (Lipinski definition) is 3. The van der Waals surface area contributed by atoms with Gasteiger partial charge in [-0.3, -0.25) is 4.98 Å². The van der Waals surface area contributed by atoms with Gasteiger partial charge in [0.15, 0.2) is 0 Å². The maximum atomic E-state index is 5.99. The Morgan fingerprint density at radius 1 is 1.04 bits per heavy atom. The second-order valence-corrected chi connectivity index (χ2v) is 8.54. The lowest BCUT2D eigenvalue weighted by Gasteiger charge is -2.26. The van der Waals surface area contributed by atoms with E-state index in [0.29, 0.717) is 11.7 Å². The molecule has 3 aromatic heterocycles. The van der Waals surface area contributed by atoms with Crippen molar-refractivity contribution in [2.75, 3.05) is 5.73 Å². The molecule has 4 heteroatoms. The van der Waals surface area contributed by atoms with Crippen molar-refractivity contribution in [1.82, 2.24) is 14.4 Å². The third-order valence-corrected chi connectivity index (χ3v) is 6.58. The summed E-state index contributed by atoms with van der Waals surface area (Å²) >= 11 is 0. The summed E-state index contributed by atoms with van der Waals surface area (Å²) in [6.07, 6.45) is 12.4. The van der Waals surface area contributed by atoms with Gasteiger partial charge in [0.05, 0.1) is 11.2 Å². The number of aryl methyl sites for hydroxylation is 1. The molecule has 5 rings (SSSR count). The molecular weight excluding hydrogens is 332 g/mol. The van der Waals surface area contributed by atoms with E-state index in [1.54, 1.807) is 0 Å². The first-order valence-electron chi connectivity index (χ1n) is 10.4. The summed E-state index contributed by atoms with van der Waals surface area (Å²) in [6, 6.07) is 8.92. The molecule has 3 heterocycles. The van der Waals surface area contributed by atoms with Gasteiger partial charge in [-0.05, 0) is 55.9 Å². The smallest absolute Gasteiger partial charge is 0.127 e. The third-order valence-electron chi connectivity index (χ3n) is 6.58. The minimum absolute atomic E-state index is 0.559. The zero-order chi connectivity index (χ0) is 18.4. The van der Waals surface area contributed by atoms with E-state index in [-0.39, 0.29) is 0 Å². The number of nitrogen functional groups attached to an aromatic ring is 1. The molecule has 0 amide bonds. The molecule has 4 nitrogen and oxygen atoms in total. The van der Waals surface area contributed by atoms with E-state index in [2.05, 4.69) is 34.5 Å². The molecule has 0 saturated heterocycles. The van der Waals surface area contributed by atoms with Crippen molar-refractivity contribution in [1.29, 1.82) is 0 Å². The van der Waals surface area contributed by atoms with E-state index in [4.69, 9.17) is 10.7 Å². The predicted octanol–water partition coefficient (Wildman–Crippen LogP) is 5.29. The summed E-state index contributed by atoms with van der Waals surface area (Å²) in [6.45, 7) is 2.12. The van der Waals surface area contributed by atoms with Crippen molar-refractivity contribution in [2.24, 2.45) is 5.92 Å². The molecule has 27 heavy (non-hydrogen) atoms. The summed E-state index contributed by atoms with van der Waals surface area (Å²) in [7, 11) is 0. The quantitative estimate of drug-likeness (QED) is 0.688. The van der Waals surface area contributed by atoms with Crippen LogP contribution in [0.3, 0.4) is 0 Å². The van der Waals surface area contributed by atoms with Gasteiger partial charge in [0, 0.05) is 28.9 Å². The standard InChI is InChI=1S/C23H28N4/c1-15-9-19(22-13-23(24)25-14-27(15)22)21-12-17(10-16-5-4-6-16)11-20(26-21)18-7-2-3-8-18/h9,11-14,16,18H,2-8,10,24H2,1H3. The van der Waals surface area contributed by atoms with Gasteiger partial charge < -0.3 is 10.1 Å². The highest BCUT2D eigenvalue weighted by atomic mass is 15.0. The van der Waals surface area contributed by atoms with E-state index in [9.17, 15) is 0 Å². The fraction of sp³-hybridized carbons (Fsp3) is 0.478. The average Bonchev–Trinajstić information content (AvgIpc) is 3.26. The zero-order valence-electron chi connectivity index (χ0n) is 16.1. The number of pyridine rings is 1. The predicted molar refractivity (Wildman–Crippen MR) is 110 cm³/mol. The molecule has 0 radical (unpaired) electrons. The molecule has 0 bridgehead atoms. The first-order chi connectivity index (χ1) is 13.2. The number of anilines is 1. The Kier molecular flexibility index (Phi) is 4.14. The fourth-order valence-corrected chi connectivity index (χ4v) is 4.81. The highest BCUT2D eigenvalue weighted by Crippen LogP contribution is 2.37. The normalized spacial score (nSPS) is 18.3. The van der Waals surface area contributed by atoms with Crippen LogP contribution in [-0.4, -0.2) is 14.4 Å². The molecule has 2 aliphatic carbocycles. The van der Waals surface area contributed by atoms with Crippen molar-refractivity contribution in [3.8, 4) is 11.3 Å². The minimum Gasteiger partial charge on any atom is -0.384 e. The molecule has 2 N–H and O–H groups in total. The Bertz CT molecular complexity index is 977. The van der Waals surface area contributed by atoms with Crippen LogP contribution in [0.15, 0.2) is 30.6 Å². The second-order valence-electron chi connectivity index (χ2n) is 8.54. The molecule has 2 saturated carbocycles. The van der Waals surface area contributed by atoms with Gasteiger partial charge in [-0.1, -0.05) is 32.1 Å². The van der Waals surface area contributed by atoms with Gasteiger partial charge in [-0.25, -0.2) is 4.98 Å². The van der Waals surface area contributed by atoms with E-state index in [0.717, 1.165) is 17.1 Å². The lowest BCUT2D eigenvalue weighted by molar-refractivity contribution is 0.314. The largest absolute Gasteiger partial charge is 0.384 e. The van der Waals surface area contributed by atoms with Crippen LogP contribution >= 0.6 is 0 Å². The summed E-state index contributed by atoms with van der Waals surface area (Å²) < 4.78 is 2.11. The van der Waals surface area contributed by atoms with Crippen LogP contribution in [0.25, 0.3) is 16.8 Å². The fourth-order valence-electron chi connectivity index (χ4n) is 4.81. The lowest BCUT2D eigenvalue weighted by atomic mass is 9.80. The number of aromatic nitrogens is 3. The van der Waals surface area contributed by atoms with Crippen LogP contribution in [0.4, 0.5) is 5.82 Å².